The number of carboxylic acids is 1. The van der Waals surface area contributed by atoms with Crippen LogP contribution in [0.5, 0.6) is 0 Å². The van der Waals surface area contributed by atoms with Crippen LogP contribution in [0.4, 0.5) is 5.69 Å². The van der Waals surface area contributed by atoms with Crippen molar-refractivity contribution >= 4 is 29.2 Å². The Kier molecular flexibility index (Phi) is 6.61. The molecule has 0 bridgehead atoms. The number of carboxylic acid groups (broad SMARTS) is 1. The van der Waals surface area contributed by atoms with Gasteiger partial charge in [0.1, 0.15) is 0 Å². The molecule has 0 aromatic heterocycles. The van der Waals surface area contributed by atoms with E-state index >= 15 is 0 Å². The first-order valence-electron chi connectivity index (χ1n) is 9.86. The molecule has 1 aliphatic rings. The van der Waals surface area contributed by atoms with Crippen LogP contribution in [-0.2, 0) is 14.4 Å². The summed E-state index contributed by atoms with van der Waals surface area (Å²) >= 11 is 0. The molecule has 1 aliphatic carbocycles. The summed E-state index contributed by atoms with van der Waals surface area (Å²) in [4.78, 5) is 34.6. The zero-order valence-corrected chi connectivity index (χ0v) is 17.0. The number of anilines is 1. The van der Waals surface area contributed by atoms with Crippen LogP contribution >= 0.6 is 0 Å². The Morgan fingerprint density at radius 1 is 1.03 bits per heavy atom. The van der Waals surface area contributed by atoms with Gasteiger partial charge >= 0.3 is 5.97 Å². The lowest BCUT2D eigenvalue weighted by Gasteiger charge is -2.07. The highest BCUT2D eigenvalue weighted by molar-refractivity contribution is 6.00. The summed E-state index contributed by atoms with van der Waals surface area (Å²) in [5, 5.41) is 15.5. The number of aryl methyl sites for hydroxylation is 1. The van der Waals surface area contributed by atoms with Gasteiger partial charge in [0, 0.05) is 18.0 Å². The maximum Gasteiger partial charge on any atom is 0.303 e. The van der Waals surface area contributed by atoms with Gasteiger partial charge in [-0.25, -0.2) is 5.43 Å². The number of hydrogen-bond donors (Lipinski definition) is 3. The average molecular weight is 407 g/mol. The van der Waals surface area contributed by atoms with Gasteiger partial charge in [-0.15, -0.1) is 0 Å². The first-order chi connectivity index (χ1) is 14.3. The third-order valence-corrected chi connectivity index (χ3v) is 5.12. The zero-order valence-electron chi connectivity index (χ0n) is 17.0. The van der Waals surface area contributed by atoms with Crippen molar-refractivity contribution in [1.82, 2.24) is 5.43 Å². The lowest BCUT2D eigenvalue weighted by molar-refractivity contribution is -0.138. The molecule has 2 aromatic rings. The molecule has 1 fully saturated rings. The predicted octanol–water partition coefficient (Wildman–Crippen LogP) is 3.44. The Hall–Kier alpha value is -3.48. The molecule has 0 saturated heterocycles. The van der Waals surface area contributed by atoms with Crippen LogP contribution in [-0.4, -0.2) is 28.6 Å². The van der Waals surface area contributed by atoms with Crippen LogP contribution in [0.2, 0.25) is 0 Å². The summed E-state index contributed by atoms with van der Waals surface area (Å²) in [5.74, 6) is -1.24. The average Bonchev–Trinajstić information content (AvgIpc) is 3.52. The van der Waals surface area contributed by atoms with Crippen molar-refractivity contribution in [2.75, 3.05) is 5.32 Å². The van der Waals surface area contributed by atoms with Crippen molar-refractivity contribution in [1.29, 1.82) is 0 Å². The standard InChI is InChI=1S/C23H25N3O4/c1-14-3-5-17(6-4-14)19-13-20(19)23(30)26-25-15(2)16-7-9-18(10-8-16)24-21(27)11-12-22(28)29/h3-10,19-20H,11-13H2,1-2H3,(H,24,27)(H,26,30)(H,28,29)/b25-15+/t19-,20+/m1/s1. The molecule has 2 amide bonds. The molecule has 0 aliphatic heterocycles. The van der Waals surface area contributed by atoms with Gasteiger partial charge in [-0.05, 0) is 49.4 Å². The third-order valence-electron chi connectivity index (χ3n) is 5.12. The number of carbonyl (C=O) groups is 3. The fraction of sp³-hybridized carbons (Fsp3) is 0.304. The molecule has 7 heteroatoms. The molecule has 0 radical (unpaired) electrons. The van der Waals surface area contributed by atoms with Gasteiger partial charge in [0.25, 0.3) is 0 Å². The summed E-state index contributed by atoms with van der Waals surface area (Å²) in [6, 6.07) is 15.3. The van der Waals surface area contributed by atoms with E-state index in [2.05, 4.69) is 40.1 Å². The molecule has 0 unspecified atom stereocenters. The number of hydrazone groups is 1. The van der Waals surface area contributed by atoms with Crippen molar-refractivity contribution in [3.8, 4) is 0 Å². The van der Waals surface area contributed by atoms with Crippen molar-refractivity contribution < 1.29 is 19.5 Å². The maximum absolute atomic E-state index is 12.4. The first kappa shape index (κ1) is 21.2. The van der Waals surface area contributed by atoms with Crippen LogP contribution in [0, 0.1) is 12.8 Å². The number of rotatable bonds is 8. The molecule has 156 valence electrons. The number of benzene rings is 2. The molecule has 2 aromatic carbocycles. The fourth-order valence-corrected chi connectivity index (χ4v) is 3.19. The minimum atomic E-state index is -1.01. The van der Waals surface area contributed by atoms with E-state index in [1.807, 2.05) is 6.92 Å². The van der Waals surface area contributed by atoms with Crippen LogP contribution in [0.25, 0.3) is 0 Å². The highest BCUT2D eigenvalue weighted by atomic mass is 16.4. The summed E-state index contributed by atoms with van der Waals surface area (Å²) < 4.78 is 0. The van der Waals surface area contributed by atoms with Crippen LogP contribution < -0.4 is 10.7 Å². The van der Waals surface area contributed by atoms with E-state index in [1.54, 1.807) is 31.2 Å². The van der Waals surface area contributed by atoms with Gasteiger partial charge in [0.2, 0.25) is 11.8 Å². The number of hydrogen-bond acceptors (Lipinski definition) is 4. The predicted molar refractivity (Wildman–Crippen MR) is 114 cm³/mol. The second-order valence-electron chi connectivity index (χ2n) is 7.55. The summed E-state index contributed by atoms with van der Waals surface area (Å²) in [6.07, 6.45) is 0.551. The minimum absolute atomic E-state index is 0.0485. The van der Waals surface area contributed by atoms with Gasteiger partial charge in [-0.2, -0.15) is 5.10 Å². The summed E-state index contributed by atoms with van der Waals surface area (Å²) in [5.41, 5.74) is 7.07. The SMILES string of the molecule is C/C(=N\NC(=O)[C@H]1C[C@@H]1c1ccc(C)cc1)c1ccc(NC(=O)CCC(=O)O)cc1. The van der Waals surface area contributed by atoms with Gasteiger partial charge in [0.15, 0.2) is 0 Å². The van der Waals surface area contributed by atoms with Gasteiger partial charge < -0.3 is 10.4 Å². The first-order valence-corrected chi connectivity index (χ1v) is 9.86. The molecule has 0 spiro atoms. The molecular formula is C23H25N3O4. The third kappa shape index (κ3) is 5.76. The number of carbonyl (C=O) groups excluding carboxylic acids is 2. The van der Waals surface area contributed by atoms with Gasteiger partial charge in [-0.1, -0.05) is 42.0 Å². The van der Waals surface area contributed by atoms with Gasteiger partial charge in [-0.3, -0.25) is 14.4 Å². The fourth-order valence-electron chi connectivity index (χ4n) is 3.19. The molecule has 3 rings (SSSR count). The molecule has 1 saturated carbocycles. The monoisotopic (exact) mass is 407 g/mol. The van der Waals surface area contributed by atoms with E-state index in [0.717, 1.165) is 12.0 Å². The molecule has 7 nitrogen and oxygen atoms in total. The highest BCUT2D eigenvalue weighted by Crippen LogP contribution is 2.47. The molecule has 3 N–H and O–H groups in total. The maximum atomic E-state index is 12.4. The van der Waals surface area contributed by atoms with E-state index in [4.69, 9.17) is 5.11 Å². The Balaban J connectivity index is 1.50. The highest BCUT2D eigenvalue weighted by Gasteiger charge is 2.43. The Morgan fingerprint density at radius 2 is 1.70 bits per heavy atom. The molecule has 0 heterocycles. The van der Waals surface area contributed by atoms with Crippen LogP contribution in [0.15, 0.2) is 53.6 Å². The van der Waals surface area contributed by atoms with Crippen molar-refractivity contribution in [3.63, 3.8) is 0 Å². The van der Waals surface area contributed by atoms with E-state index in [-0.39, 0.29) is 36.5 Å². The molecule has 2 atom stereocenters. The Morgan fingerprint density at radius 3 is 2.33 bits per heavy atom. The van der Waals surface area contributed by atoms with Crippen molar-refractivity contribution in [2.45, 2.75) is 39.0 Å². The van der Waals surface area contributed by atoms with E-state index in [9.17, 15) is 14.4 Å². The van der Waals surface area contributed by atoms with Crippen LogP contribution in [0.3, 0.4) is 0 Å². The summed E-state index contributed by atoms with van der Waals surface area (Å²) in [6.45, 7) is 3.84. The van der Waals surface area contributed by atoms with Crippen molar-refractivity contribution in [3.05, 3.63) is 65.2 Å². The zero-order chi connectivity index (χ0) is 21.7. The quantitative estimate of drug-likeness (QED) is 0.460. The number of aliphatic carboxylic acids is 1. The largest absolute Gasteiger partial charge is 0.481 e. The van der Waals surface area contributed by atoms with E-state index in [0.29, 0.717) is 11.4 Å². The van der Waals surface area contributed by atoms with Crippen molar-refractivity contribution in [2.24, 2.45) is 11.0 Å². The Bertz CT molecular complexity index is 965. The number of nitrogens with zero attached hydrogens (tertiary/aromatic N) is 1. The topological polar surface area (TPSA) is 108 Å². The minimum Gasteiger partial charge on any atom is -0.481 e. The summed E-state index contributed by atoms with van der Waals surface area (Å²) in [7, 11) is 0. The van der Waals surface area contributed by atoms with E-state index < -0.39 is 5.97 Å². The van der Waals surface area contributed by atoms with E-state index in [1.165, 1.54) is 11.1 Å². The number of nitrogens with one attached hydrogen (secondary N) is 2. The van der Waals surface area contributed by atoms with Gasteiger partial charge in [0.05, 0.1) is 12.1 Å². The van der Waals surface area contributed by atoms with Crippen LogP contribution in [0.1, 0.15) is 48.8 Å². The number of amides is 2. The molecular weight excluding hydrogens is 382 g/mol. The molecule has 30 heavy (non-hydrogen) atoms. The Labute approximate surface area is 175 Å². The second kappa shape index (κ2) is 9.35. The smallest absolute Gasteiger partial charge is 0.303 e. The lowest BCUT2D eigenvalue weighted by Crippen LogP contribution is -2.21. The normalized spacial score (nSPS) is 17.9. The lowest BCUT2D eigenvalue weighted by atomic mass is 10.1. The second-order valence-corrected chi connectivity index (χ2v) is 7.55.